The largest absolute Gasteiger partial charge is 0.457 e. The Bertz CT molecular complexity index is 685. The first kappa shape index (κ1) is 15.9. The van der Waals surface area contributed by atoms with Gasteiger partial charge in [-0.2, -0.15) is 18.4 Å². The van der Waals surface area contributed by atoms with Crippen molar-refractivity contribution in [3.63, 3.8) is 0 Å². The molecule has 22 heavy (non-hydrogen) atoms. The molecule has 2 rings (SSSR count). The van der Waals surface area contributed by atoms with E-state index in [4.69, 9.17) is 10.00 Å². The predicted molar refractivity (Wildman–Crippen MR) is 76.6 cm³/mol. The van der Waals surface area contributed by atoms with Gasteiger partial charge in [0, 0.05) is 6.42 Å². The number of nitrogens with zero attached hydrogens (tertiary/aromatic N) is 1. The molecule has 0 atom stereocenters. The highest BCUT2D eigenvalue weighted by molar-refractivity contribution is 5.39. The fourth-order valence-corrected chi connectivity index (χ4v) is 2.03. The summed E-state index contributed by atoms with van der Waals surface area (Å²) in [4.78, 5) is 0. The second-order valence-corrected chi connectivity index (χ2v) is 4.88. The van der Waals surface area contributed by atoms with Gasteiger partial charge >= 0.3 is 6.18 Å². The van der Waals surface area contributed by atoms with E-state index in [1.54, 1.807) is 24.3 Å². The van der Waals surface area contributed by atoms with Crippen LogP contribution in [-0.2, 0) is 12.6 Å². The lowest BCUT2D eigenvalue weighted by atomic mass is 10.1. The number of halogens is 3. The first-order valence-corrected chi connectivity index (χ1v) is 6.72. The van der Waals surface area contributed by atoms with Crippen LogP contribution in [0.2, 0.25) is 0 Å². The van der Waals surface area contributed by atoms with Gasteiger partial charge in [-0.15, -0.1) is 0 Å². The van der Waals surface area contributed by atoms with Gasteiger partial charge < -0.3 is 4.74 Å². The normalized spacial score (nSPS) is 11.0. The Labute approximate surface area is 126 Å². The number of ether oxygens (including phenoxy) is 1. The fourth-order valence-electron chi connectivity index (χ4n) is 2.03. The molecule has 0 unspecified atom stereocenters. The maximum absolute atomic E-state index is 12.9. The van der Waals surface area contributed by atoms with Crippen LogP contribution >= 0.6 is 0 Å². The number of rotatable bonds is 4. The molecule has 2 nitrogen and oxygen atoms in total. The molecule has 0 saturated carbocycles. The van der Waals surface area contributed by atoms with Gasteiger partial charge in [-0.05, 0) is 48.7 Å². The molecule has 0 aliphatic rings. The van der Waals surface area contributed by atoms with Crippen LogP contribution in [0.25, 0.3) is 0 Å². The summed E-state index contributed by atoms with van der Waals surface area (Å²) in [5, 5.41) is 8.52. The summed E-state index contributed by atoms with van der Waals surface area (Å²) in [5.74, 6) is 0.598. The molecule has 0 aliphatic carbocycles. The van der Waals surface area contributed by atoms with Gasteiger partial charge in [0.1, 0.15) is 11.5 Å². The van der Waals surface area contributed by atoms with Gasteiger partial charge in [-0.1, -0.05) is 18.2 Å². The van der Waals surface area contributed by atoms with Crippen molar-refractivity contribution in [1.82, 2.24) is 0 Å². The molecular formula is C17H14F3NO. The summed E-state index contributed by atoms with van der Waals surface area (Å²) in [7, 11) is 0. The summed E-state index contributed by atoms with van der Waals surface area (Å²) in [5.41, 5.74) is 0.441. The first-order chi connectivity index (χ1) is 10.4. The molecule has 0 N–H and O–H groups in total. The Balaban J connectivity index is 2.16. The molecular weight excluding hydrogens is 291 g/mol. The average molecular weight is 305 g/mol. The summed E-state index contributed by atoms with van der Waals surface area (Å²) >= 11 is 0. The van der Waals surface area contributed by atoms with Crippen molar-refractivity contribution in [2.45, 2.75) is 25.9 Å². The number of hydrogen-bond donors (Lipinski definition) is 0. The molecule has 0 spiro atoms. The smallest absolute Gasteiger partial charge is 0.416 e. The lowest BCUT2D eigenvalue weighted by Crippen LogP contribution is -2.07. The van der Waals surface area contributed by atoms with Crippen LogP contribution in [0.15, 0.2) is 42.5 Å². The molecule has 2 aromatic carbocycles. The number of aryl methyl sites for hydroxylation is 2. The number of benzene rings is 2. The van der Waals surface area contributed by atoms with Gasteiger partial charge in [0.2, 0.25) is 0 Å². The summed E-state index contributed by atoms with van der Waals surface area (Å²) in [6.45, 7) is 1.41. The maximum Gasteiger partial charge on any atom is 0.416 e. The van der Waals surface area contributed by atoms with E-state index in [0.29, 0.717) is 18.6 Å². The molecule has 114 valence electrons. The molecule has 0 amide bonds. The van der Waals surface area contributed by atoms with Gasteiger partial charge in [-0.25, -0.2) is 0 Å². The van der Waals surface area contributed by atoms with E-state index in [-0.39, 0.29) is 11.3 Å². The molecule has 0 saturated heterocycles. The third kappa shape index (κ3) is 4.01. The third-order valence-corrected chi connectivity index (χ3v) is 3.20. The Hall–Kier alpha value is -2.48. The van der Waals surface area contributed by atoms with Crippen molar-refractivity contribution in [2.24, 2.45) is 0 Å². The van der Waals surface area contributed by atoms with E-state index in [9.17, 15) is 13.2 Å². The summed E-state index contributed by atoms with van der Waals surface area (Å²) in [6.07, 6.45) is -3.34. The Morgan fingerprint density at radius 2 is 1.68 bits per heavy atom. The molecule has 0 fully saturated rings. The van der Waals surface area contributed by atoms with Gasteiger partial charge in [-0.3, -0.25) is 0 Å². The Morgan fingerprint density at radius 3 is 2.27 bits per heavy atom. The van der Waals surface area contributed by atoms with Crippen molar-refractivity contribution in [3.8, 4) is 17.6 Å². The highest BCUT2D eigenvalue weighted by Gasteiger charge is 2.32. The molecule has 0 aromatic heterocycles. The minimum atomic E-state index is -4.40. The standard InChI is InChI=1S/C17H14F3NO/c1-12-4-7-15(11-16(12)17(18,19)20)22-14-8-5-13(6-9-14)3-2-10-21/h4-9,11H,2-3H2,1H3. The van der Waals surface area contributed by atoms with Gasteiger partial charge in [0.05, 0.1) is 11.6 Å². The van der Waals surface area contributed by atoms with Crippen LogP contribution in [0.1, 0.15) is 23.1 Å². The third-order valence-electron chi connectivity index (χ3n) is 3.20. The van der Waals surface area contributed by atoms with E-state index < -0.39 is 11.7 Å². The molecule has 0 bridgehead atoms. The number of nitriles is 1. The van der Waals surface area contributed by atoms with Gasteiger partial charge in [0.15, 0.2) is 0 Å². The molecule has 5 heteroatoms. The van der Waals surface area contributed by atoms with Crippen LogP contribution < -0.4 is 4.74 Å². The zero-order valence-corrected chi connectivity index (χ0v) is 11.9. The summed E-state index contributed by atoms with van der Waals surface area (Å²) in [6, 6.07) is 12.9. The number of hydrogen-bond acceptors (Lipinski definition) is 2. The maximum atomic E-state index is 12.9. The molecule has 2 aromatic rings. The van der Waals surface area contributed by atoms with E-state index in [1.807, 2.05) is 0 Å². The zero-order valence-electron chi connectivity index (χ0n) is 11.9. The summed E-state index contributed by atoms with van der Waals surface area (Å²) < 4.78 is 44.0. The van der Waals surface area contributed by atoms with E-state index in [0.717, 1.165) is 11.6 Å². The van der Waals surface area contributed by atoms with E-state index in [1.165, 1.54) is 19.1 Å². The van der Waals surface area contributed by atoms with Crippen LogP contribution in [-0.4, -0.2) is 0 Å². The van der Waals surface area contributed by atoms with Crippen LogP contribution in [0, 0.1) is 18.3 Å². The molecule has 0 radical (unpaired) electrons. The predicted octanol–water partition coefficient (Wildman–Crippen LogP) is 5.26. The monoisotopic (exact) mass is 305 g/mol. The lowest BCUT2D eigenvalue weighted by molar-refractivity contribution is -0.138. The SMILES string of the molecule is Cc1ccc(Oc2ccc(CCC#N)cc2)cc1C(F)(F)F. The quantitative estimate of drug-likeness (QED) is 0.771. The lowest BCUT2D eigenvalue weighted by Gasteiger charge is -2.13. The van der Waals surface area contributed by atoms with Crippen LogP contribution in [0.3, 0.4) is 0 Å². The van der Waals surface area contributed by atoms with Gasteiger partial charge in [0.25, 0.3) is 0 Å². The zero-order chi connectivity index (χ0) is 16.2. The Morgan fingerprint density at radius 1 is 1.05 bits per heavy atom. The first-order valence-electron chi connectivity index (χ1n) is 6.72. The minimum Gasteiger partial charge on any atom is -0.457 e. The second-order valence-electron chi connectivity index (χ2n) is 4.88. The molecule has 0 heterocycles. The highest BCUT2D eigenvalue weighted by atomic mass is 19.4. The number of alkyl halides is 3. The fraction of sp³-hybridized carbons (Fsp3) is 0.235. The van der Waals surface area contributed by atoms with Crippen LogP contribution in [0.5, 0.6) is 11.5 Å². The highest BCUT2D eigenvalue weighted by Crippen LogP contribution is 2.35. The average Bonchev–Trinajstić information content (AvgIpc) is 2.47. The minimum absolute atomic E-state index is 0.141. The second kappa shape index (κ2) is 6.52. The van der Waals surface area contributed by atoms with Crippen molar-refractivity contribution in [2.75, 3.05) is 0 Å². The van der Waals surface area contributed by atoms with E-state index >= 15 is 0 Å². The van der Waals surface area contributed by atoms with Crippen molar-refractivity contribution >= 4 is 0 Å². The van der Waals surface area contributed by atoms with Crippen molar-refractivity contribution in [1.29, 1.82) is 5.26 Å². The topological polar surface area (TPSA) is 33.0 Å². The van der Waals surface area contributed by atoms with Crippen molar-refractivity contribution in [3.05, 3.63) is 59.2 Å². The Kier molecular flexibility index (Phi) is 4.71. The van der Waals surface area contributed by atoms with E-state index in [2.05, 4.69) is 6.07 Å². The van der Waals surface area contributed by atoms with Crippen LogP contribution in [0.4, 0.5) is 13.2 Å². The molecule has 0 aliphatic heterocycles. The van der Waals surface area contributed by atoms with Crippen molar-refractivity contribution < 1.29 is 17.9 Å².